The molecule has 440 valence electrons. The summed E-state index contributed by atoms with van der Waals surface area (Å²) in [7, 11) is 8.24. The van der Waals surface area contributed by atoms with Crippen molar-refractivity contribution in [2.75, 3.05) is 47.8 Å². The lowest BCUT2D eigenvalue weighted by Gasteiger charge is -2.22. The van der Waals surface area contributed by atoms with Crippen LogP contribution < -0.4 is 19.6 Å². The minimum absolute atomic E-state index is 0.945. The SMILES string of the molecule is Cc1ccc(-c2ccc(N(C)c3ccccn3)c(C)c2)cc1C.Cc1ccc(-c2ccc(N(C)c3ccccn3)cc2)cc1.Cc1ccc(-c2ccc(N(C)c3ccncc3)c(C)c2)cc1C.Cc1ccc(-c2ccc(N(C)c3ccncc3)cc2)cc1. The smallest absolute Gasteiger partial charge is 0.132 e. The van der Waals surface area contributed by atoms with Crippen molar-refractivity contribution in [2.24, 2.45) is 0 Å². The molecule has 4 heterocycles. The molecule has 8 heteroatoms. The Kier molecular flexibility index (Phi) is 20.9. The summed E-state index contributed by atoms with van der Waals surface area (Å²) in [6.45, 7) is 17.2. The van der Waals surface area contributed by atoms with Crippen LogP contribution >= 0.6 is 0 Å². The molecule has 8 aromatic carbocycles. The van der Waals surface area contributed by atoms with Gasteiger partial charge in [-0.25, -0.2) is 9.97 Å². The molecule has 0 aliphatic carbocycles. The second-order valence-corrected chi connectivity index (χ2v) is 22.4. The minimum atomic E-state index is 0.945. The third-order valence-corrected chi connectivity index (χ3v) is 16.2. The summed E-state index contributed by atoms with van der Waals surface area (Å²) >= 11 is 0. The Bertz CT molecular complexity index is 3860. The number of hydrogen-bond donors (Lipinski definition) is 0. The highest BCUT2D eigenvalue weighted by atomic mass is 15.2. The van der Waals surface area contributed by atoms with Crippen molar-refractivity contribution in [3.63, 3.8) is 0 Å². The monoisotopic (exact) mass is 1150 g/mol. The van der Waals surface area contributed by atoms with Crippen molar-refractivity contribution >= 4 is 45.8 Å². The van der Waals surface area contributed by atoms with E-state index in [0.717, 1.165) is 34.4 Å². The summed E-state index contributed by atoms with van der Waals surface area (Å²) in [5.41, 5.74) is 27.4. The topological polar surface area (TPSA) is 64.5 Å². The first-order valence-electron chi connectivity index (χ1n) is 29.9. The third kappa shape index (κ3) is 16.1. The molecule has 0 unspecified atom stereocenters. The molecule has 0 amide bonds. The van der Waals surface area contributed by atoms with E-state index in [1.807, 2.05) is 105 Å². The van der Waals surface area contributed by atoms with E-state index in [4.69, 9.17) is 0 Å². The van der Waals surface area contributed by atoms with E-state index in [-0.39, 0.29) is 0 Å². The average Bonchev–Trinajstić information content (AvgIpc) is 2.97. The van der Waals surface area contributed by atoms with Crippen LogP contribution in [0.3, 0.4) is 0 Å². The summed E-state index contributed by atoms with van der Waals surface area (Å²) in [4.78, 5) is 25.5. The van der Waals surface area contributed by atoms with E-state index in [0.29, 0.717) is 0 Å². The normalized spacial score (nSPS) is 10.5. The van der Waals surface area contributed by atoms with Crippen LogP contribution in [-0.2, 0) is 0 Å². The van der Waals surface area contributed by atoms with E-state index < -0.39 is 0 Å². The number of aryl methyl sites for hydroxylation is 8. The summed E-state index contributed by atoms with van der Waals surface area (Å²) in [5, 5.41) is 0. The van der Waals surface area contributed by atoms with Crippen LogP contribution in [-0.4, -0.2) is 48.1 Å². The van der Waals surface area contributed by atoms with Crippen LogP contribution in [0.2, 0.25) is 0 Å². The van der Waals surface area contributed by atoms with Crippen LogP contribution in [0.15, 0.2) is 268 Å². The molecule has 0 saturated carbocycles. The lowest BCUT2D eigenvalue weighted by atomic mass is 9.98. The van der Waals surface area contributed by atoms with Crippen molar-refractivity contribution in [3.05, 3.63) is 312 Å². The number of rotatable bonds is 12. The molecule has 0 radical (unpaired) electrons. The molecule has 0 aliphatic rings. The van der Waals surface area contributed by atoms with Crippen molar-refractivity contribution in [2.45, 2.75) is 55.4 Å². The Balaban J connectivity index is 0.000000140. The molecule has 0 atom stereocenters. The molecule has 0 aliphatic heterocycles. The standard InChI is InChI=1S/2C21H22N2.2C19H18N2/c1-15-5-6-18(13-16(15)2)19-7-8-21(17(3)14-19)23(4)20-9-11-22-12-10-20;1-15-8-9-18(13-16(15)2)19-10-11-20(17(3)14-19)23(4)21-7-5-6-12-22-21;1-15-3-5-16(6-4-15)17-7-9-18(10-8-17)21(2)19-11-13-20-14-12-19;1-15-6-8-16(9-7-15)17-10-12-18(13-11-17)21(2)19-5-3-4-14-20-19/h2*5-14H,1-4H3;2*3-14H,1-2H3. The van der Waals surface area contributed by atoms with Gasteiger partial charge >= 0.3 is 0 Å². The molecular weight excluding hydrogens is 1070 g/mol. The summed E-state index contributed by atoms with van der Waals surface area (Å²) in [6.07, 6.45) is 10.9. The maximum absolute atomic E-state index is 4.42. The molecule has 0 saturated heterocycles. The number of benzene rings is 8. The molecule has 88 heavy (non-hydrogen) atoms. The molecule has 12 rings (SSSR count). The number of aromatic nitrogens is 4. The first kappa shape index (κ1) is 62.1. The quantitative estimate of drug-likeness (QED) is 0.120. The Hall–Kier alpha value is -10.4. The second-order valence-electron chi connectivity index (χ2n) is 22.4. The Labute approximate surface area is 522 Å². The number of anilines is 8. The molecule has 0 fully saturated rings. The van der Waals surface area contributed by atoms with Crippen molar-refractivity contribution < 1.29 is 0 Å². The van der Waals surface area contributed by atoms with Gasteiger partial charge < -0.3 is 19.6 Å². The van der Waals surface area contributed by atoms with Gasteiger partial charge in [0.25, 0.3) is 0 Å². The highest BCUT2D eigenvalue weighted by Crippen LogP contribution is 2.34. The molecule has 0 bridgehead atoms. The molecule has 0 spiro atoms. The maximum Gasteiger partial charge on any atom is 0.132 e. The third-order valence-electron chi connectivity index (χ3n) is 16.2. The summed E-state index contributed by atoms with van der Waals surface area (Å²) in [6, 6.07) is 80.9. The fraction of sp³-hybridized carbons (Fsp3) is 0.150. The predicted octanol–water partition coefficient (Wildman–Crippen LogP) is 20.5. The van der Waals surface area contributed by atoms with Gasteiger partial charge in [0.05, 0.1) is 0 Å². The van der Waals surface area contributed by atoms with E-state index in [1.165, 1.54) is 100 Å². The zero-order valence-electron chi connectivity index (χ0n) is 53.0. The minimum Gasteiger partial charge on any atom is -0.345 e. The molecule has 0 N–H and O–H groups in total. The first-order valence-corrected chi connectivity index (χ1v) is 29.9. The van der Waals surface area contributed by atoms with E-state index in [2.05, 4.69) is 286 Å². The van der Waals surface area contributed by atoms with Gasteiger partial charge in [-0.15, -0.1) is 0 Å². The number of nitrogens with zero attached hydrogens (tertiary/aromatic N) is 8. The van der Waals surface area contributed by atoms with Gasteiger partial charge in [-0.05, 0) is 230 Å². The van der Waals surface area contributed by atoms with Crippen LogP contribution in [0.25, 0.3) is 44.5 Å². The summed E-state index contributed by atoms with van der Waals surface area (Å²) < 4.78 is 0. The van der Waals surface area contributed by atoms with Crippen molar-refractivity contribution in [1.29, 1.82) is 0 Å². The fourth-order valence-corrected chi connectivity index (χ4v) is 10.3. The molecule has 12 aromatic rings. The second kappa shape index (κ2) is 29.6. The zero-order chi connectivity index (χ0) is 62.1. The lowest BCUT2D eigenvalue weighted by Crippen LogP contribution is -2.12. The summed E-state index contributed by atoms with van der Waals surface area (Å²) in [5.74, 6) is 1.90. The molecule has 8 nitrogen and oxygen atoms in total. The first-order chi connectivity index (χ1) is 42.6. The fourth-order valence-electron chi connectivity index (χ4n) is 10.3. The highest BCUT2D eigenvalue weighted by Gasteiger charge is 2.12. The van der Waals surface area contributed by atoms with E-state index in [1.54, 1.807) is 0 Å². The lowest BCUT2D eigenvalue weighted by molar-refractivity contribution is 1.11. The highest BCUT2D eigenvalue weighted by molar-refractivity contribution is 5.75. The number of pyridine rings is 4. The maximum atomic E-state index is 4.42. The van der Waals surface area contributed by atoms with Gasteiger partial charge in [0.1, 0.15) is 11.6 Å². The Morgan fingerprint density at radius 1 is 0.227 bits per heavy atom. The largest absolute Gasteiger partial charge is 0.345 e. The van der Waals surface area contributed by atoms with Gasteiger partial charge in [0, 0.05) is 99.5 Å². The van der Waals surface area contributed by atoms with Crippen LogP contribution in [0.1, 0.15) is 44.5 Å². The van der Waals surface area contributed by atoms with E-state index in [9.17, 15) is 0 Å². The van der Waals surface area contributed by atoms with Gasteiger partial charge in [0.15, 0.2) is 0 Å². The van der Waals surface area contributed by atoms with E-state index >= 15 is 0 Å². The van der Waals surface area contributed by atoms with Gasteiger partial charge in [-0.3, -0.25) is 9.97 Å². The Morgan fingerprint density at radius 3 is 0.898 bits per heavy atom. The van der Waals surface area contributed by atoms with Crippen LogP contribution in [0, 0.1) is 55.4 Å². The average molecular weight is 1150 g/mol. The predicted molar refractivity (Wildman–Crippen MR) is 375 cm³/mol. The molecular formula is C80H80N8. The zero-order valence-corrected chi connectivity index (χ0v) is 53.0. The number of hydrogen-bond acceptors (Lipinski definition) is 8. The van der Waals surface area contributed by atoms with Gasteiger partial charge in [0.2, 0.25) is 0 Å². The van der Waals surface area contributed by atoms with Crippen LogP contribution in [0.5, 0.6) is 0 Å². The van der Waals surface area contributed by atoms with Crippen molar-refractivity contribution in [1.82, 2.24) is 19.9 Å². The van der Waals surface area contributed by atoms with Gasteiger partial charge in [-0.1, -0.05) is 145 Å². The van der Waals surface area contributed by atoms with Crippen LogP contribution in [0.4, 0.5) is 45.8 Å². The molecule has 4 aromatic heterocycles. The van der Waals surface area contributed by atoms with Crippen molar-refractivity contribution in [3.8, 4) is 44.5 Å². The Morgan fingerprint density at radius 2 is 0.534 bits per heavy atom. The van der Waals surface area contributed by atoms with Gasteiger partial charge in [-0.2, -0.15) is 0 Å².